The van der Waals surface area contributed by atoms with E-state index in [4.69, 9.17) is 10.7 Å². The molecule has 0 radical (unpaired) electrons. The summed E-state index contributed by atoms with van der Waals surface area (Å²) in [6.07, 6.45) is 7.82. The van der Waals surface area contributed by atoms with Crippen LogP contribution in [0.1, 0.15) is 43.5 Å². The number of hydrogen-bond donors (Lipinski definition) is 1. The van der Waals surface area contributed by atoms with Gasteiger partial charge in [0, 0.05) is 28.2 Å². The molecule has 5 nitrogen and oxygen atoms in total. The van der Waals surface area contributed by atoms with Gasteiger partial charge >= 0.3 is 0 Å². The van der Waals surface area contributed by atoms with Gasteiger partial charge in [-0.1, -0.05) is 73.9 Å². The number of benzene rings is 2. The van der Waals surface area contributed by atoms with Gasteiger partial charge < -0.3 is 5.73 Å². The quantitative estimate of drug-likeness (QED) is 0.290. The van der Waals surface area contributed by atoms with Gasteiger partial charge in [-0.2, -0.15) is 0 Å². The van der Waals surface area contributed by atoms with Gasteiger partial charge in [0.05, 0.1) is 11.2 Å². The van der Waals surface area contributed by atoms with Crippen LogP contribution < -0.4 is 5.73 Å². The van der Waals surface area contributed by atoms with Crippen molar-refractivity contribution in [1.29, 1.82) is 0 Å². The van der Waals surface area contributed by atoms with Gasteiger partial charge in [-0.05, 0) is 43.0 Å². The first-order valence-corrected chi connectivity index (χ1v) is 11.7. The standard InChI is InChI=1S/C28H27N5.2ClH/c1-19-31-32-27-24-18-23(20-8-4-2-5-9-20)26(30-25(24)14-17-33(19)27)21-10-12-22(13-11-21)28(29)15-6-3-7-16-28;;/h2,4-5,8-14,17-18H,3,6-7,15-16,29H2,1H3;2*1H. The number of hydrogen-bond acceptors (Lipinski definition) is 4. The lowest BCUT2D eigenvalue weighted by molar-refractivity contribution is 0.302. The minimum Gasteiger partial charge on any atom is -0.321 e. The van der Waals surface area contributed by atoms with Gasteiger partial charge in [0.2, 0.25) is 0 Å². The maximum atomic E-state index is 6.79. The Balaban J connectivity index is 0.00000144. The summed E-state index contributed by atoms with van der Waals surface area (Å²) in [5.74, 6) is 0.867. The Bertz CT molecular complexity index is 1460. The highest BCUT2D eigenvalue weighted by Gasteiger charge is 2.29. The van der Waals surface area contributed by atoms with Crippen molar-refractivity contribution >= 4 is 41.4 Å². The lowest BCUT2D eigenvalue weighted by atomic mass is 9.77. The van der Waals surface area contributed by atoms with E-state index >= 15 is 0 Å². The summed E-state index contributed by atoms with van der Waals surface area (Å²) in [4.78, 5) is 5.13. The van der Waals surface area contributed by atoms with Crippen molar-refractivity contribution in [2.45, 2.75) is 44.6 Å². The van der Waals surface area contributed by atoms with Gasteiger partial charge in [-0.25, -0.2) is 4.98 Å². The summed E-state index contributed by atoms with van der Waals surface area (Å²) in [5.41, 5.74) is 13.8. The summed E-state index contributed by atoms with van der Waals surface area (Å²) in [6.45, 7) is 1.96. The molecule has 1 fully saturated rings. The van der Waals surface area contributed by atoms with E-state index in [2.05, 4.69) is 64.8 Å². The monoisotopic (exact) mass is 505 g/mol. The number of nitrogens with zero attached hydrogens (tertiary/aromatic N) is 4. The van der Waals surface area contributed by atoms with Crippen LogP contribution in [0.2, 0.25) is 0 Å². The van der Waals surface area contributed by atoms with E-state index in [0.717, 1.165) is 57.6 Å². The third-order valence-electron chi connectivity index (χ3n) is 7.10. The van der Waals surface area contributed by atoms with E-state index < -0.39 is 0 Å². The zero-order chi connectivity index (χ0) is 22.4. The van der Waals surface area contributed by atoms with E-state index in [1.165, 1.54) is 24.8 Å². The van der Waals surface area contributed by atoms with E-state index in [9.17, 15) is 0 Å². The maximum absolute atomic E-state index is 6.79. The highest BCUT2D eigenvalue weighted by Crippen LogP contribution is 2.38. The van der Waals surface area contributed by atoms with Crippen molar-refractivity contribution in [3.05, 3.63) is 84.3 Å². The summed E-state index contributed by atoms with van der Waals surface area (Å²) in [5, 5.41) is 9.68. The van der Waals surface area contributed by atoms with Crippen LogP contribution in [0.3, 0.4) is 0 Å². The van der Waals surface area contributed by atoms with Crippen molar-refractivity contribution in [2.24, 2.45) is 5.73 Å². The highest BCUT2D eigenvalue weighted by atomic mass is 35.5. The summed E-state index contributed by atoms with van der Waals surface area (Å²) < 4.78 is 2.01. The molecule has 0 atom stereocenters. The predicted octanol–water partition coefficient (Wildman–Crippen LogP) is 6.88. The second-order valence-electron chi connectivity index (χ2n) is 9.23. The average molecular weight is 506 g/mol. The minimum absolute atomic E-state index is 0. The number of aromatic nitrogens is 4. The van der Waals surface area contributed by atoms with Gasteiger partial charge in [-0.15, -0.1) is 35.0 Å². The fourth-order valence-electron chi connectivity index (χ4n) is 5.20. The van der Waals surface area contributed by atoms with E-state index in [0.29, 0.717) is 0 Å². The van der Waals surface area contributed by atoms with E-state index in [1.54, 1.807) is 0 Å². The largest absolute Gasteiger partial charge is 0.321 e. The highest BCUT2D eigenvalue weighted by molar-refractivity contribution is 5.98. The number of fused-ring (bicyclic) bond motifs is 3. The molecule has 6 rings (SSSR count). The van der Waals surface area contributed by atoms with Crippen LogP contribution in [-0.2, 0) is 5.54 Å². The molecular formula is C28H29Cl2N5. The molecule has 180 valence electrons. The minimum atomic E-state index is -0.201. The Morgan fingerprint density at radius 3 is 2.26 bits per heavy atom. The Hall–Kier alpha value is -2.99. The Labute approximate surface area is 217 Å². The van der Waals surface area contributed by atoms with Crippen molar-refractivity contribution < 1.29 is 0 Å². The van der Waals surface area contributed by atoms with Crippen molar-refractivity contribution in [1.82, 2.24) is 19.6 Å². The molecule has 0 unspecified atom stereocenters. The summed E-state index contributed by atoms with van der Waals surface area (Å²) >= 11 is 0. The second kappa shape index (κ2) is 9.94. The van der Waals surface area contributed by atoms with Crippen molar-refractivity contribution in [2.75, 3.05) is 0 Å². The molecule has 0 amide bonds. The van der Waals surface area contributed by atoms with Gasteiger partial charge in [0.15, 0.2) is 5.65 Å². The zero-order valence-electron chi connectivity index (χ0n) is 19.6. The van der Waals surface area contributed by atoms with Gasteiger partial charge in [-0.3, -0.25) is 4.40 Å². The number of nitrogens with two attached hydrogens (primary N) is 1. The molecule has 1 aliphatic rings. The molecule has 0 aliphatic heterocycles. The average Bonchev–Trinajstić information content (AvgIpc) is 3.25. The molecule has 0 saturated heterocycles. The van der Waals surface area contributed by atoms with Gasteiger partial charge in [0.1, 0.15) is 5.82 Å². The van der Waals surface area contributed by atoms with E-state index in [1.807, 2.05) is 29.7 Å². The molecule has 0 spiro atoms. The molecule has 1 saturated carbocycles. The van der Waals surface area contributed by atoms with Crippen LogP contribution in [0.5, 0.6) is 0 Å². The maximum Gasteiger partial charge on any atom is 0.170 e. The smallest absolute Gasteiger partial charge is 0.170 e. The first-order chi connectivity index (χ1) is 16.1. The summed E-state index contributed by atoms with van der Waals surface area (Å²) in [6, 6.07) is 23.4. The van der Waals surface area contributed by atoms with Crippen LogP contribution in [0.4, 0.5) is 0 Å². The number of pyridine rings is 2. The summed E-state index contributed by atoms with van der Waals surface area (Å²) in [7, 11) is 0. The molecule has 0 bridgehead atoms. The number of halogens is 2. The van der Waals surface area contributed by atoms with Crippen LogP contribution in [0.25, 0.3) is 38.9 Å². The third kappa shape index (κ3) is 4.40. The fraction of sp³-hybridized carbons (Fsp3) is 0.250. The van der Waals surface area contributed by atoms with E-state index in [-0.39, 0.29) is 30.4 Å². The first kappa shape index (κ1) is 25.1. The molecule has 2 aromatic carbocycles. The lowest BCUT2D eigenvalue weighted by Crippen LogP contribution is -2.38. The molecule has 7 heteroatoms. The molecular weight excluding hydrogens is 477 g/mol. The Kier molecular flexibility index (Phi) is 7.13. The first-order valence-electron chi connectivity index (χ1n) is 11.7. The number of aryl methyl sites for hydroxylation is 1. The topological polar surface area (TPSA) is 69.1 Å². The van der Waals surface area contributed by atoms with Crippen LogP contribution in [0, 0.1) is 6.92 Å². The van der Waals surface area contributed by atoms with Crippen LogP contribution in [-0.4, -0.2) is 19.6 Å². The van der Waals surface area contributed by atoms with Crippen LogP contribution in [0.15, 0.2) is 72.9 Å². The SMILES string of the molecule is Cc1nnc2c3cc(-c4ccccc4)c(-c4ccc(C5(N)CCCCC5)cc4)nc3ccn12.Cl.Cl. The second-order valence-corrected chi connectivity index (χ2v) is 9.23. The molecule has 35 heavy (non-hydrogen) atoms. The lowest BCUT2D eigenvalue weighted by Gasteiger charge is -2.34. The fourth-order valence-corrected chi connectivity index (χ4v) is 5.20. The van der Waals surface area contributed by atoms with Crippen molar-refractivity contribution in [3.8, 4) is 22.4 Å². The van der Waals surface area contributed by atoms with Crippen LogP contribution >= 0.6 is 24.8 Å². The molecule has 2 N–H and O–H groups in total. The Morgan fingerprint density at radius 1 is 0.829 bits per heavy atom. The molecule has 3 heterocycles. The van der Waals surface area contributed by atoms with Gasteiger partial charge in [0.25, 0.3) is 0 Å². The molecule has 3 aromatic heterocycles. The zero-order valence-corrected chi connectivity index (χ0v) is 21.3. The number of rotatable bonds is 3. The van der Waals surface area contributed by atoms with Crippen molar-refractivity contribution in [3.63, 3.8) is 0 Å². The Morgan fingerprint density at radius 2 is 1.54 bits per heavy atom. The molecule has 5 aromatic rings. The molecule has 1 aliphatic carbocycles. The third-order valence-corrected chi connectivity index (χ3v) is 7.10. The predicted molar refractivity (Wildman–Crippen MR) is 147 cm³/mol. The normalized spacial score (nSPS) is 14.9.